The van der Waals surface area contributed by atoms with Crippen LogP contribution in [0.5, 0.6) is 0 Å². The Kier molecular flexibility index (Phi) is 6.09. The Labute approximate surface area is 109 Å². The molecule has 0 bridgehead atoms. The topological polar surface area (TPSA) is 34.1 Å². The van der Waals surface area contributed by atoms with Crippen LogP contribution in [0.3, 0.4) is 0 Å². The number of hydrogen-bond acceptors (Lipinski definition) is 4. The minimum absolute atomic E-state index is 0.159. The number of nitrogens with zero attached hydrogens (tertiary/aromatic N) is 1. The summed E-state index contributed by atoms with van der Waals surface area (Å²) in [5, 5.41) is 4.55. The summed E-state index contributed by atoms with van der Waals surface area (Å²) in [5.74, 6) is 0. The highest BCUT2D eigenvalue weighted by Crippen LogP contribution is 2.31. The van der Waals surface area contributed by atoms with Gasteiger partial charge in [-0.25, -0.2) is 4.98 Å². The van der Waals surface area contributed by atoms with E-state index in [-0.39, 0.29) is 6.10 Å². The second kappa shape index (κ2) is 7.09. The van der Waals surface area contributed by atoms with Crippen LogP contribution >= 0.6 is 11.3 Å². The molecule has 0 aromatic carbocycles. The van der Waals surface area contributed by atoms with Crippen molar-refractivity contribution in [2.75, 3.05) is 13.7 Å². The average Bonchev–Trinajstić information content (AvgIpc) is 2.68. The lowest BCUT2D eigenvalue weighted by molar-refractivity contribution is 0.0947. The van der Waals surface area contributed by atoms with Crippen molar-refractivity contribution in [1.29, 1.82) is 0 Å². The van der Waals surface area contributed by atoms with Gasteiger partial charge in [0.1, 0.15) is 11.1 Å². The molecule has 0 spiro atoms. The van der Waals surface area contributed by atoms with Crippen LogP contribution in [-0.2, 0) is 4.74 Å². The van der Waals surface area contributed by atoms with Gasteiger partial charge in [-0.05, 0) is 26.8 Å². The van der Waals surface area contributed by atoms with E-state index in [1.807, 2.05) is 0 Å². The van der Waals surface area contributed by atoms with E-state index < -0.39 is 0 Å². The Balaban J connectivity index is 2.85. The molecular formula is C13H24N2OS. The first-order chi connectivity index (χ1) is 8.13. The molecule has 1 aromatic heterocycles. The summed E-state index contributed by atoms with van der Waals surface area (Å²) < 4.78 is 5.51. The van der Waals surface area contributed by atoms with Crippen molar-refractivity contribution in [3.05, 3.63) is 15.6 Å². The molecule has 0 saturated carbocycles. The van der Waals surface area contributed by atoms with Crippen molar-refractivity contribution in [1.82, 2.24) is 10.3 Å². The molecule has 2 atom stereocenters. The number of methoxy groups -OCH3 is 1. The second-order valence-electron chi connectivity index (χ2n) is 4.29. The molecule has 0 fully saturated rings. The normalized spacial score (nSPS) is 14.9. The van der Waals surface area contributed by atoms with Crippen molar-refractivity contribution in [3.63, 3.8) is 0 Å². The fraction of sp³-hybridized carbons (Fsp3) is 0.769. The lowest BCUT2D eigenvalue weighted by atomic mass is 10.2. The van der Waals surface area contributed by atoms with E-state index in [1.165, 1.54) is 4.88 Å². The minimum Gasteiger partial charge on any atom is -0.374 e. The molecule has 1 N–H and O–H groups in total. The standard InChI is InChI=1S/C13H24N2OS/c1-6-8-11(16-5)13-15-10(4)12(17-13)9(3)14-7-2/h9,11,14H,6-8H2,1-5H3. The van der Waals surface area contributed by atoms with Gasteiger partial charge in [-0.1, -0.05) is 20.3 Å². The fourth-order valence-corrected chi connectivity index (χ4v) is 3.18. The molecule has 17 heavy (non-hydrogen) atoms. The quantitative estimate of drug-likeness (QED) is 0.809. The van der Waals surface area contributed by atoms with Crippen LogP contribution in [0.25, 0.3) is 0 Å². The predicted octanol–water partition coefficient (Wildman–Crippen LogP) is 3.61. The van der Waals surface area contributed by atoms with Crippen LogP contribution < -0.4 is 5.32 Å². The third kappa shape index (κ3) is 3.76. The Morgan fingerprint density at radius 2 is 2.12 bits per heavy atom. The van der Waals surface area contributed by atoms with E-state index in [9.17, 15) is 0 Å². The van der Waals surface area contributed by atoms with Crippen molar-refractivity contribution in [3.8, 4) is 0 Å². The predicted molar refractivity (Wildman–Crippen MR) is 73.6 cm³/mol. The van der Waals surface area contributed by atoms with Crippen molar-refractivity contribution in [2.24, 2.45) is 0 Å². The van der Waals surface area contributed by atoms with E-state index in [4.69, 9.17) is 4.74 Å². The van der Waals surface area contributed by atoms with Crippen LogP contribution in [0.1, 0.15) is 61.3 Å². The fourth-order valence-electron chi connectivity index (χ4n) is 1.97. The molecule has 3 nitrogen and oxygen atoms in total. The van der Waals surface area contributed by atoms with E-state index in [2.05, 4.69) is 38.0 Å². The third-order valence-corrected chi connectivity index (χ3v) is 4.30. The molecule has 1 heterocycles. The zero-order valence-electron chi connectivity index (χ0n) is 11.5. The van der Waals surface area contributed by atoms with Crippen LogP contribution in [0.4, 0.5) is 0 Å². The van der Waals surface area contributed by atoms with Gasteiger partial charge in [0.15, 0.2) is 0 Å². The molecule has 0 aliphatic heterocycles. The minimum atomic E-state index is 0.159. The highest BCUT2D eigenvalue weighted by molar-refractivity contribution is 7.11. The Morgan fingerprint density at radius 3 is 2.65 bits per heavy atom. The van der Waals surface area contributed by atoms with Crippen LogP contribution in [0.2, 0.25) is 0 Å². The zero-order chi connectivity index (χ0) is 12.8. The molecule has 98 valence electrons. The van der Waals surface area contributed by atoms with Crippen LogP contribution in [-0.4, -0.2) is 18.6 Å². The number of hydrogen-bond donors (Lipinski definition) is 1. The van der Waals surface area contributed by atoms with Gasteiger partial charge in [0.25, 0.3) is 0 Å². The van der Waals surface area contributed by atoms with Gasteiger partial charge in [0.05, 0.1) is 5.69 Å². The maximum absolute atomic E-state index is 5.51. The molecule has 0 aliphatic carbocycles. The molecule has 1 rings (SSSR count). The first kappa shape index (κ1) is 14.6. The first-order valence-corrected chi connectivity index (χ1v) is 7.19. The Hall–Kier alpha value is -0.450. The number of ether oxygens (including phenoxy) is 1. The van der Waals surface area contributed by atoms with Gasteiger partial charge in [-0.15, -0.1) is 11.3 Å². The molecule has 1 aromatic rings. The monoisotopic (exact) mass is 256 g/mol. The lowest BCUT2D eigenvalue weighted by Crippen LogP contribution is -2.17. The van der Waals surface area contributed by atoms with Gasteiger partial charge < -0.3 is 10.1 Å². The van der Waals surface area contributed by atoms with Gasteiger partial charge in [-0.3, -0.25) is 0 Å². The zero-order valence-corrected chi connectivity index (χ0v) is 12.4. The summed E-state index contributed by atoms with van der Waals surface area (Å²) in [6, 6.07) is 0.380. The van der Waals surface area contributed by atoms with E-state index in [1.54, 1.807) is 18.4 Å². The maximum atomic E-state index is 5.51. The van der Waals surface area contributed by atoms with Crippen LogP contribution in [0.15, 0.2) is 0 Å². The average molecular weight is 256 g/mol. The molecule has 0 radical (unpaired) electrons. The van der Waals surface area contributed by atoms with E-state index >= 15 is 0 Å². The smallest absolute Gasteiger partial charge is 0.122 e. The third-order valence-electron chi connectivity index (χ3n) is 2.86. The molecule has 4 heteroatoms. The van der Waals surface area contributed by atoms with Gasteiger partial charge in [-0.2, -0.15) is 0 Å². The van der Waals surface area contributed by atoms with Crippen LogP contribution in [0, 0.1) is 6.92 Å². The molecule has 0 saturated heterocycles. The number of aromatic nitrogens is 1. The largest absolute Gasteiger partial charge is 0.374 e. The maximum Gasteiger partial charge on any atom is 0.122 e. The summed E-state index contributed by atoms with van der Waals surface area (Å²) in [6.45, 7) is 9.56. The summed E-state index contributed by atoms with van der Waals surface area (Å²) in [4.78, 5) is 5.99. The summed E-state index contributed by atoms with van der Waals surface area (Å²) in [7, 11) is 1.77. The second-order valence-corrected chi connectivity index (χ2v) is 5.36. The van der Waals surface area contributed by atoms with Crippen molar-refractivity contribution < 1.29 is 4.74 Å². The number of thiazole rings is 1. The van der Waals surface area contributed by atoms with Gasteiger partial charge >= 0.3 is 0 Å². The van der Waals surface area contributed by atoms with E-state index in [0.29, 0.717) is 6.04 Å². The summed E-state index contributed by atoms with van der Waals surface area (Å²) in [6.07, 6.45) is 2.32. The van der Waals surface area contributed by atoms with Gasteiger partial charge in [0, 0.05) is 18.0 Å². The van der Waals surface area contributed by atoms with Gasteiger partial charge in [0.2, 0.25) is 0 Å². The number of aryl methyl sites for hydroxylation is 1. The van der Waals surface area contributed by atoms with E-state index in [0.717, 1.165) is 30.1 Å². The van der Waals surface area contributed by atoms with Crippen molar-refractivity contribution in [2.45, 2.75) is 52.7 Å². The van der Waals surface area contributed by atoms with Crippen molar-refractivity contribution >= 4 is 11.3 Å². The molecule has 0 aliphatic rings. The molecular weight excluding hydrogens is 232 g/mol. The Morgan fingerprint density at radius 1 is 1.41 bits per heavy atom. The lowest BCUT2D eigenvalue weighted by Gasteiger charge is -2.11. The number of nitrogens with one attached hydrogen (secondary N) is 1. The number of rotatable bonds is 7. The SMILES string of the molecule is CCCC(OC)c1nc(C)c(C(C)NCC)s1. The first-order valence-electron chi connectivity index (χ1n) is 6.37. The highest BCUT2D eigenvalue weighted by Gasteiger charge is 2.19. The summed E-state index contributed by atoms with van der Waals surface area (Å²) >= 11 is 1.78. The Bertz CT molecular complexity index is 338. The summed E-state index contributed by atoms with van der Waals surface area (Å²) in [5.41, 5.74) is 1.14. The highest BCUT2D eigenvalue weighted by atomic mass is 32.1. The molecule has 2 unspecified atom stereocenters. The molecule has 0 amide bonds.